The Hall–Kier alpha value is -1.69. The molecule has 2 atom stereocenters. The lowest BCUT2D eigenvalue weighted by Crippen LogP contribution is -2.30. The van der Waals surface area contributed by atoms with E-state index in [1.165, 1.54) is 5.56 Å². The van der Waals surface area contributed by atoms with Gasteiger partial charge in [-0.05, 0) is 49.1 Å². The number of likely N-dealkylation sites (tertiary alicyclic amines) is 1. The molecule has 128 valence electrons. The summed E-state index contributed by atoms with van der Waals surface area (Å²) in [5.74, 6) is 0.810. The summed E-state index contributed by atoms with van der Waals surface area (Å²) >= 11 is 1.54. The van der Waals surface area contributed by atoms with E-state index in [1.807, 2.05) is 30.4 Å². The standard InChI is InChI=1S/C19H25N3OS/c1-21(2)11-15-8-9-24-18(15)19(23)22-12-16(10-20)17(13-22)14-6-4-3-5-7-14/h3-9,16-17H,10-13,20H2,1-2H3/t16-,17+/m1/s1. The number of nitrogens with zero attached hydrogens (tertiary/aromatic N) is 2. The summed E-state index contributed by atoms with van der Waals surface area (Å²) in [5, 5.41) is 2.01. The van der Waals surface area contributed by atoms with E-state index in [0.29, 0.717) is 18.4 Å². The van der Waals surface area contributed by atoms with Gasteiger partial charge in [-0.1, -0.05) is 30.3 Å². The van der Waals surface area contributed by atoms with Crippen molar-refractivity contribution in [1.82, 2.24) is 9.80 Å². The van der Waals surface area contributed by atoms with Gasteiger partial charge in [0.05, 0.1) is 4.88 Å². The Kier molecular flexibility index (Phi) is 5.33. The molecule has 1 amide bonds. The van der Waals surface area contributed by atoms with Gasteiger partial charge in [-0.15, -0.1) is 11.3 Å². The Balaban J connectivity index is 1.78. The number of hydrogen-bond acceptors (Lipinski definition) is 4. The van der Waals surface area contributed by atoms with E-state index < -0.39 is 0 Å². The minimum Gasteiger partial charge on any atom is -0.337 e. The maximum atomic E-state index is 13.0. The Morgan fingerprint density at radius 1 is 1.25 bits per heavy atom. The fourth-order valence-corrected chi connectivity index (χ4v) is 4.37. The van der Waals surface area contributed by atoms with E-state index in [0.717, 1.165) is 30.1 Å². The summed E-state index contributed by atoms with van der Waals surface area (Å²) in [6.07, 6.45) is 0. The molecule has 5 heteroatoms. The molecule has 0 saturated carbocycles. The molecule has 0 unspecified atom stereocenters. The molecule has 0 aliphatic carbocycles. The topological polar surface area (TPSA) is 49.6 Å². The van der Waals surface area contributed by atoms with Gasteiger partial charge in [-0.3, -0.25) is 4.79 Å². The number of rotatable bonds is 5. The molecule has 1 aromatic heterocycles. The number of thiophene rings is 1. The molecule has 1 aliphatic rings. The maximum Gasteiger partial charge on any atom is 0.264 e. The van der Waals surface area contributed by atoms with Crippen LogP contribution >= 0.6 is 11.3 Å². The van der Waals surface area contributed by atoms with Crippen molar-refractivity contribution in [2.75, 3.05) is 33.7 Å². The number of nitrogens with two attached hydrogens (primary N) is 1. The molecule has 1 fully saturated rings. The fourth-order valence-electron chi connectivity index (χ4n) is 3.49. The second-order valence-corrected chi connectivity index (χ2v) is 7.65. The minimum absolute atomic E-state index is 0.152. The van der Waals surface area contributed by atoms with Gasteiger partial charge < -0.3 is 15.5 Å². The number of amides is 1. The van der Waals surface area contributed by atoms with E-state index in [-0.39, 0.29) is 5.91 Å². The molecule has 2 heterocycles. The fraction of sp³-hybridized carbons (Fsp3) is 0.421. The summed E-state index contributed by atoms with van der Waals surface area (Å²) in [7, 11) is 4.05. The van der Waals surface area contributed by atoms with Crippen LogP contribution < -0.4 is 5.73 Å². The Labute approximate surface area is 147 Å². The highest BCUT2D eigenvalue weighted by Gasteiger charge is 2.36. The van der Waals surface area contributed by atoms with Crippen molar-refractivity contribution < 1.29 is 4.79 Å². The second-order valence-electron chi connectivity index (χ2n) is 6.74. The van der Waals surface area contributed by atoms with Crippen LogP contribution in [0.15, 0.2) is 41.8 Å². The van der Waals surface area contributed by atoms with Crippen molar-refractivity contribution in [3.05, 3.63) is 57.8 Å². The predicted molar refractivity (Wildman–Crippen MR) is 99.3 cm³/mol. The van der Waals surface area contributed by atoms with Gasteiger partial charge in [-0.2, -0.15) is 0 Å². The molecular formula is C19H25N3OS. The highest BCUT2D eigenvalue weighted by molar-refractivity contribution is 7.12. The number of hydrogen-bond donors (Lipinski definition) is 1. The van der Waals surface area contributed by atoms with Gasteiger partial charge in [-0.25, -0.2) is 0 Å². The predicted octanol–water partition coefficient (Wildman–Crippen LogP) is 2.62. The largest absolute Gasteiger partial charge is 0.337 e. The van der Waals surface area contributed by atoms with Crippen molar-refractivity contribution in [3.8, 4) is 0 Å². The molecule has 3 rings (SSSR count). The van der Waals surface area contributed by atoms with Gasteiger partial charge in [0, 0.05) is 25.6 Å². The van der Waals surface area contributed by atoms with E-state index in [1.54, 1.807) is 11.3 Å². The van der Waals surface area contributed by atoms with Crippen molar-refractivity contribution in [2.45, 2.75) is 12.5 Å². The molecule has 0 spiro atoms. The lowest BCUT2D eigenvalue weighted by Gasteiger charge is -2.18. The Morgan fingerprint density at radius 3 is 2.67 bits per heavy atom. The van der Waals surface area contributed by atoms with Crippen LogP contribution in [0.25, 0.3) is 0 Å². The first-order valence-electron chi connectivity index (χ1n) is 8.35. The average molecular weight is 343 g/mol. The zero-order valence-corrected chi connectivity index (χ0v) is 15.1. The van der Waals surface area contributed by atoms with Crippen LogP contribution in [-0.2, 0) is 6.54 Å². The summed E-state index contributed by atoms with van der Waals surface area (Å²) < 4.78 is 0. The molecule has 2 N–H and O–H groups in total. The van der Waals surface area contributed by atoms with Crippen LogP contribution in [0.3, 0.4) is 0 Å². The quantitative estimate of drug-likeness (QED) is 0.908. The van der Waals surface area contributed by atoms with Crippen LogP contribution in [0.2, 0.25) is 0 Å². The van der Waals surface area contributed by atoms with Crippen molar-refractivity contribution in [3.63, 3.8) is 0 Å². The first-order chi connectivity index (χ1) is 11.6. The third kappa shape index (κ3) is 3.53. The number of carbonyl (C=O) groups excluding carboxylic acids is 1. The van der Waals surface area contributed by atoms with Crippen LogP contribution in [-0.4, -0.2) is 49.4 Å². The van der Waals surface area contributed by atoms with E-state index in [9.17, 15) is 4.79 Å². The van der Waals surface area contributed by atoms with Crippen LogP contribution in [0, 0.1) is 5.92 Å². The molecule has 1 aromatic carbocycles. The molecule has 2 aromatic rings. The van der Waals surface area contributed by atoms with Gasteiger partial charge in [0.1, 0.15) is 0 Å². The third-order valence-corrected chi connectivity index (χ3v) is 5.63. The van der Waals surface area contributed by atoms with E-state index in [2.05, 4.69) is 35.2 Å². The normalized spacial score (nSPS) is 20.8. The Bertz CT molecular complexity index is 683. The van der Waals surface area contributed by atoms with E-state index in [4.69, 9.17) is 5.73 Å². The van der Waals surface area contributed by atoms with Crippen LogP contribution in [0.5, 0.6) is 0 Å². The summed E-state index contributed by atoms with van der Waals surface area (Å²) in [4.78, 5) is 18.0. The molecule has 1 aliphatic heterocycles. The smallest absolute Gasteiger partial charge is 0.264 e. The lowest BCUT2D eigenvalue weighted by molar-refractivity contribution is 0.0789. The summed E-state index contributed by atoms with van der Waals surface area (Å²) in [5.41, 5.74) is 8.39. The average Bonchev–Trinajstić information content (AvgIpc) is 3.21. The van der Waals surface area contributed by atoms with E-state index >= 15 is 0 Å². The van der Waals surface area contributed by atoms with Gasteiger partial charge in [0.2, 0.25) is 0 Å². The Morgan fingerprint density at radius 2 is 2.00 bits per heavy atom. The first-order valence-corrected chi connectivity index (χ1v) is 9.23. The molecular weight excluding hydrogens is 318 g/mol. The van der Waals surface area contributed by atoms with Crippen molar-refractivity contribution in [1.29, 1.82) is 0 Å². The summed E-state index contributed by atoms with van der Waals surface area (Å²) in [6.45, 7) is 2.90. The molecule has 24 heavy (non-hydrogen) atoms. The van der Waals surface area contributed by atoms with Crippen molar-refractivity contribution >= 4 is 17.2 Å². The zero-order valence-electron chi connectivity index (χ0n) is 14.3. The van der Waals surface area contributed by atoms with Crippen LogP contribution in [0.1, 0.15) is 26.7 Å². The maximum absolute atomic E-state index is 13.0. The lowest BCUT2D eigenvalue weighted by atomic mass is 9.89. The third-order valence-electron chi connectivity index (χ3n) is 4.69. The SMILES string of the molecule is CN(C)Cc1ccsc1C(=O)N1C[C@@H](CN)[C@H](c2ccccc2)C1. The van der Waals surface area contributed by atoms with Gasteiger partial charge in [0.15, 0.2) is 0 Å². The second kappa shape index (κ2) is 7.47. The van der Waals surface area contributed by atoms with Gasteiger partial charge >= 0.3 is 0 Å². The molecule has 1 saturated heterocycles. The monoisotopic (exact) mass is 343 g/mol. The van der Waals surface area contributed by atoms with Crippen molar-refractivity contribution in [2.24, 2.45) is 11.7 Å². The zero-order chi connectivity index (χ0) is 17.1. The van der Waals surface area contributed by atoms with Crippen LogP contribution in [0.4, 0.5) is 0 Å². The molecule has 0 radical (unpaired) electrons. The molecule has 0 bridgehead atoms. The summed E-state index contributed by atoms with van der Waals surface area (Å²) in [6, 6.07) is 12.5. The number of benzene rings is 1. The minimum atomic E-state index is 0.152. The molecule has 4 nitrogen and oxygen atoms in total. The van der Waals surface area contributed by atoms with Gasteiger partial charge in [0.25, 0.3) is 5.91 Å². The highest BCUT2D eigenvalue weighted by Crippen LogP contribution is 2.33. The highest BCUT2D eigenvalue weighted by atomic mass is 32.1. The first kappa shape index (κ1) is 17.1. The number of carbonyl (C=O) groups is 1.